The summed E-state index contributed by atoms with van der Waals surface area (Å²) in [5.74, 6) is 0.674. The molecule has 2 bridgehead atoms. The van der Waals surface area contributed by atoms with Crippen molar-refractivity contribution in [3.8, 4) is 0 Å². The highest BCUT2D eigenvalue weighted by atomic mass is 16.2. The first-order valence-electron chi connectivity index (χ1n) is 9.95. The molecule has 1 aromatic carbocycles. The molecule has 0 radical (unpaired) electrons. The third kappa shape index (κ3) is 2.84. The minimum absolute atomic E-state index is 0.0206. The van der Waals surface area contributed by atoms with Crippen LogP contribution in [-0.2, 0) is 17.9 Å². The molecule has 0 N–H and O–H groups in total. The fourth-order valence-corrected chi connectivity index (χ4v) is 4.98. The van der Waals surface area contributed by atoms with Gasteiger partial charge in [-0.05, 0) is 30.0 Å². The summed E-state index contributed by atoms with van der Waals surface area (Å²) in [6, 6.07) is 13.1. The Hall–Kier alpha value is -2.89. The largest absolute Gasteiger partial charge is 0.342 e. The Balaban J connectivity index is 1.24. The van der Waals surface area contributed by atoms with Crippen molar-refractivity contribution in [2.45, 2.75) is 31.8 Å². The number of hydrogen-bond donors (Lipinski definition) is 0. The molecule has 0 spiro atoms. The third-order valence-corrected chi connectivity index (χ3v) is 6.32. The molecule has 2 aromatic rings. The van der Waals surface area contributed by atoms with Crippen molar-refractivity contribution in [1.29, 1.82) is 0 Å². The van der Waals surface area contributed by atoms with E-state index in [4.69, 9.17) is 0 Å². The van der Waals surface area contributed by atoms with Crippen molar-refractivity contribution >= 4 is 11.8 Å². The highest BCUT2D eigenvalue weighted by molar-refractivity contribution is 5.98. The first kappa shape index (κ1) is 17.2. The summed E-state index contributed by atoms with van der Waals surface area (Å²) in [7, 11) is 0. The third-order valence-electron chi connectivity index (χ3n) is 6.32. The number of likely N-dealkylation sites (tertiary alicyclic amines) is 1. The van der Waals surface area contributed by atoms with Crippen LogP contribution in [0.1, 0.15) is 40.4 Å². The maximum atomic E-state index is 12.9. The van der Waals surface area contributed by atoms with Gasteiger partial charge < -0.3 is 14.4 Å². The van der Waals surface area contributed by atoms with Gasteiger partial charge in [0, 0.05) is 62.4 Å². The van der Waals surface area contributed by atoms with Gasteiger partial charge in [0.05, 0.1) is 0 Å². The Morgan fingerprint density at radius 1 is 1.00 bits per heavy atom. The van der Waals surface area contributed by atoms with Gasteiger partial charge in [-0.2, -0.15) is 0 Å². The van der Waals surface area contributed by atoms with Crippen LogP contribution in [0.4, 0.5) is 0 Å². The number of pyridine rings is 1. The predicted octanol–water partition coefficient (Wildman–Crippen LogP) is 1.84. The van der Waals surface area contributed by atoms with Gasteiger partial charge >= 0.3 is 0 Å². The van der Waals surface area contributed by atoms with Crippen LogP contribution < -0.4 is 5.56 Å². The summed E-state index contributed by atoms with van der Waals surface area (Å²) >= 11 is 0. The lowest BCUT2D eigenvalue weighted by molar-refractivity contribution is -0.134. The molecule has 1 aromatic heterocycles. The smallest absolute Gasteiger partial charge is 0.254 e. The quantitative estimate of drug-likeness (QED) is 0.820. The Labute approximate surface area is 163 Å². The Morgan fingerprint density at radius 3 is 2.71 bits per heavy atom. The molecule has 144 valence electrons. The normalized spacial score (nSPS) is 22.8. The average molecular weight is 377 g/mol. The van der Waals surface area contributed by atoms with Crippen LogP contribution in [0, 0.1) is 5.92 Å². The summed E-state index contributed by atoms with van der Waals surface area (Å²) in [4.78, 5) is 41.2. The number of piperidine rings is 1. The first-order valence-corrected chi connectivity index (χ1v) is 9.95. The average Bonchev–Trinajstić information content (AvgIpc) is 3.03. The van der Waals surface area contributed by atoms with Gasteiger partial charge in [-0.15, -0.1) is 0 Å². The molecule has 1 saturated heterocycles. The van der Waals surface area contributed by atoms with E-state index in [2.05, 4.69) is 0 Å². The van der Waals surface area contributed by atoms with Gasteiger partial charge in [0.25, 0.3) is 11.5 Å². The molecule has 6 nitrogen and oxygen atoms in total. The molecule has 6 heteroatoms. The summed E-state index contributed by atoms with van der Waals surface area (Å²) in [5.41, 5.74) is 2.89. The molecule has 28 heavy (non-hydrogen) atoms. The fourth-order valence-electron chi connectivity index (χ4n) is 4.98. The topological polar surface area (TPSA) is 62.6 Å². The second kappa shape index (κ2) is 6.62. The minimum atomic E-state index is 0.0206. The van der Waals surface area contributed by atoms with Crippen LogP contribution in [0.25, 0.3) is 0 Å². The summed E-state index contributed by atoms with van der Waals surface area (Å²) in [5, 5.41) is 0. The van der Waals surface area contributed by atoms with Crippen LogP contribution in [0.3, 0.4) is 0 Å². The van der Waals surface area contributed by atoms with E-state index in [9.17, 15) is 14.4 Å². The number of rotatable bonds is 3. The van der Waals surface area contributed by atoms with E-state index in [1.54, 1.807) is 11.0 Å². The molecule has 1 fully saturated rings. The zero-order valence-electron chi connectivity index (χ0n) is 15.7. The number of amides is 2. The Bertz CT molecular complexity index is 1010. The summed E-state index contributed by atoms with van der Waals surface area (Å²) in [6.45, 7) is 3.09. The predicted molar refractivity (Wildman–Crippen MR) is 104 cm³/mol. The lowest BCUT2D eigenvalue weighted by Crippen LogP contribution is -2.49. The summed E-state index contributed by atoms with van der Waals surface area (Å²) < 4.78 is 1.88. The number of aromatic nitrogens is 1. The molecule has 3 aliphatic heterocycles. The number of carbonyl (C=O) groups excluding carboxylic acids is 2. The SMILES string of the molecule is O=C(CCN1Cc2ccccc2C1=O)N1C[C@H]2C[C@H](C1)c1cccc(=O)n1C2. The van der Waals surface area contributed by atoms with Crippen LogP contribution in [-0.4, -0.2) is 45.8 Å². The van der Waals surface area contributed by atoms with E-state index in [0.29, 0.717) is 45.1 Å². The molecule has 4 heterocycles. The molecule has 3 aliphatic rings. The zero-order chi connectivity index (χ0) is 19.3. The number of fused-ring (bicyclic) bond motifs is 5. The lowest BCUT2D eigenvalue weighted by Gasteiger charge is -2.42. The van der Waals surface area contributed by atoms with Gasteiger partial charge in [0.2, 0.25) is 5.91 Å². The van der Waals surface area contributed by atoms with E-state index in [1.165, 1.54) is 0 Å². The number of hydrogen-bond acceptors (Lipinski definition) is 3. The summed E-state index contributed by atoms with van der Waals surface area (Å²) in [6.07, 6.45) is 1.38. The molecule has 5 rings (SSSR count). The van der Waals surface area contributed by atoms with Crippen molar-refractivity contribution in [2.75, 3.05) is 19.6 Å². The van der Waals surface area contributed by atoms with Crippen molar-refractivity contribution in [3.05, 3.63) is 69.6 Å². The maximum absolute atomic E-state index is 12.9. The van der Waals surface area contributed by atoms with Crippen LogP contribution >= 0.6 is 0 Å². The van der Waals surface area contributed by atoms with E-state index >= 15 is 0 Å². The van der Waals surface area contributed by atoms with Crippen molar-refractivity contribution < 1.29 is 9.59 Å². The molecular formula is C22H23N3O3. The fraction of sp³-hybridized carbons (Fsp3) is 0.409. The van der Waals surface area contributed by atoms with Crippen molar-refractivity contribution in [1.82, 2.24) is 14.4 Å². The van der Waals surface area contributed by atoms with Crippen molar-refractivity contribution in [3.63, 3.8) is 0 Å². The van der Waals surface area contributed by atoms with E-state index < -0.39 is 0 Å². The van der Waals surface area contributed by atoms with Gasteiger partial charge in [0.1, 0.15) is 0 Å². The van der Waals surface area contributed by atoms with Gasteiger partial charge in [-0.25, -0.2) is 0 Å². The lowest BCUT2D eigenvalue weighted by atomic mass is 9.83. The second-order valence-corrected chi connectivity index (χ2v) is 8.13. The molecule has 2 amide bonds. The first-order chi connectivity index (χ1) is 13.6. The molecule has 0 aliphatic carbocycles. The van der Waals surface area contributed by atoms with Gasteiger partial charge in [0.15, 0.2) is 0 Å². The van der Waals surface area contributed by atoms with Gasteiger partial charge in [-0.3, -0.25) is 14.4 Å². The Morgan fingerprint density at radius 2 is 1.86 bits per heavy atom. The molecular weight excluding hydrogens is 354 g/mol. The second-order valence-electron chi connectivity index (χ2n) is 8.13. The zero-order valence-corrected chi connectivity index (χ0v) is 15.7. The number of nitrogens with zero attached hydrogens (tertiary/aromatic N) is 3. The van der Waals surface area contributed by atoms with Crippen molar-refractivity contribution in [2.24, 2.45) is 5.92 Å². The molecule has 2 atom stereocenters. The van der Waals surface area contributed by atoms with E-state index in [-0.39, 0.29) is 23.3 Å². The Kier molecular flexibility index (Phi) is 4.07. The highest BCUT2D eigenvalue weighted by Crippen LogP contribution is 2.35. The van der Waals surface area contributed by atoms with Gasteiger partial charge in [-0.1, -0.05) is 24.3 Å². The molecule has 0 saturated carbocycles. The standard InChI is InChI=1S/C22H23N3O3/c26-20(8-9-23-13-16-4-1-2-5-18(16)22(23)28)24-11-15-10-17(14-24)19-6-3-7-21(27)25(19)12-15/h1-7,15,17H,8-14H2/t15-,17-/m1/s1. The monoisotopic (exact) mass is 377 g/mol. The number of carbonyl (C=O) groups is 2. The van der Waals surface area contributed by atoms with Crippen LogP contribution in [0.5, 0.6) is 0 Å². The number of benzene rings is 1. The van der Waals surface area contributed by atoms with E-state index in [1.807, 2.05) is 45.9 Å². The highest BCUT2D eigenvalue weighted by Gasteiger charge is 2.36. The van der Waals surface area contributed by atoms with E-state index in [0.717, 1.165) is 23.2 Å². The molecule has 0 unspecified atom stereocenters. The minimum Gasteiger partial charge on any atom is -0.342 e. The van der Waals surface area contributed by atoms with Crippen LogP contribution in [0.15, 0.2) is 47.3 Å². The van der Waals surface area contributed by atoms with Crippen LogP contribution in [0.2, 0.25) is 0 Å². The maximum Gasteiger partial charge on any atom is 0.254 e.